The highest BCUT2D eigenvalue weighted by Crippen LogP contribution is 2.37. The van der Waals surface area contributed by atoms with E-state index in [2.05, 4.69) is 20.9 Å². The van der Waals surface area contributed by atoms with Crippen molar-refractivity contribution in [1.82, 2.24) is 4.57 Å². The Hall–Kier alpha value is -4.10. The molecule has 228 valence electrons. The van der Waals surface area contributed by atoms with Crippen LogP contribution < -0.4 is 33.8 Å². The summed E-state index contributed by atoms with van der Waals surface area (Å²) in [7, 11) is 2.75. The van der Waals surface area contributed by atoms with Crippen molar-refractivity contribution in [3.05, 3.63) is 77.4 Å². The number of halogens is 1. The fraction of sp³-hybridized carbons (Fsp3) is 0.333. The summed E-state index contributed by atoms with van der Waals surface area (Å²) in [5.74, 6) is 0.593. The van der Waals surface area contributed by atoms with Crippen LogP contribution in [0.1, 0.15) is 37.9 Å². The lowest BCUT2D eigenvalue weighted by Crippen LogP contribution is -2.39. The fourth-order valence-electron chi connectivity index (χ4n) is 4.44. The molecule has 1 aliphatic heterocycles. The third-order valence-corrected chi connectivity index (χ3v) is 7.78. The standard InChI is InChI=1S/C30H31BrN2O9S/c1-6-39-21-10-9-18(14-22(21)40-7-2)26-19(29(36)38-5)15-32-30-33(26)28(35)24(43-30)13-17-11-20(31)27(23(12-17)37-4)42-16-25(34)41-8-3/h9-15,26H,6-8,16H2,1-5H3/b24-13-/t26-/m1/s1. The number of aromatic nitrogens is 1. The van der Waals surface area contributed by atoms with E-state index >= 15 is 0 Å². The van der Waals surface area contributed by atoms with Gasteiger partial charge in [0.05, 0.1) is 54.7 Å². The Morgan fingerprint density at radius 2 is 1.74 bits per heavy atom. The van der Waals surface area contributed by atoms with E-state index in [1.54, 1.807) is 43.3 Å². The second-order valence-electron chi connectivity index (χ2n) is 8.88. The summed E-state index contributed by atoms with van der Waals surface area (Å²) in [6, 6.07) is 7.90. The average Bonchev–Trinajstić information content (AvgIpc) is 3.31. The molecule has 0 saturated heterocycles. The number of esters is 2. The predicted molar refractivity (Wildman–Crippen MR) is 163 cm³/mol. The number of ether oxygens (including phenoxy) is 6. The van der Waals surface area contributed by atoms with Gasteiger partial charge in [0.2, 0.25) is 0 Å². The molecular formula is C30H31BrN2O9S. The minimum absolute atomic E-state index is 0.195. The highest BCUT2D eigenvalue weighted by molar-refractivity contribution is 9.10. The van der Waals surface area contributed by atoms with Gasteiger partial charge in [-0.3, -0.25) is 9.36 Å². The molecule has 1 aromatic heterocycles. The maximum atomic E-state index is 13.9. The molecule has 0 bridgehead atoms. The maximum absolute atomic E-state index is 13.9. The minimum atomic E-state index is -0.819. The van der Waals surface area contributed by atoms with Crippen molar-refractivity contribution in [2.24, 2.45) is 4.99 Å². The van der Waals surface area contributed by atoms with Gasteiger partial charge in [0.25, 0.3) is 5.56 Å². The van der Waals surface area contributed by atoms with E-state index in [-0.39, 0.29) is 24.3 Å². The summed E-state index contributed by atoms with van der Waals surface area (Å²) in [6.07, 6.45) is 3.12. The molecule has 2 aromatic carbocycles. The predicted octanol–water partition coefficient (Wildman–Crippen LogP) is 3.53. The van der Waals surface area contributed by atoms with Crippen LogP contribution in [0, 0.1) is 0 Å². The highest BCUT2D eigenvalue weighted by atomic mass is 79.9. The van der Waals surface area contributed by atoms with Gasteiger partial charge < -0.3 is 28.4 Å². The van der Waals surface area contributed by atoms with Crippen molar-refractivity contribution < 1.29 is 38.0 Å². The zero-order chi connectivity index (χ0) is 31.1. The Morgan fingerprint density at radius 3 is 2.42 bits per heavy atom. The quantitative estimate of drug-likeness (QED) is 0.266. The first-order chi connectivity index (χ1) is 20.8. The molecule has 1 atom stereocenters. The van der Waals surface area contributed by atoms with Gasteiger partial charge in [0.1, 0.15) is 0 Å². The van der Waals surface area contributed by atoms with Gasteiger partial charge in [-0.1, -0.05) is 17.4 Å². The van der Waals surface area contributed by atoms with E-state index in [0.717, 1.165) is 0 Å². The van der Waals surface area contributed by atoms with Crippen molar-refractivity contribution >= 4 is 45.3 Å². The van der Waals surface area contributed by atoms with Gasteiger partial charge in [-0.15, -0.1) is 0 Å². The van der Waals surface area contributed by atoms with Crippen LogP contribution in [0.4, 0.5) is 0 Å². The number of rotatable bonds is 12. The summed E-state index contributed by atoms with van der Waals surface area (Å²) in [4.78, 5) is 43.3. The first-order valence-electron chi connectivity index (χ1n) is 13.4. The average molecular weight is 676 g/mol. The van der Waals surface area contributed by atoms with Gasteiger partial charge in [-0.05, 0) is 78.2 Å². The number of fused-ring (bicyclic) bond motifs is 1. The number of carbonyl (C=O) groups excluding carboxylic acids is 2. The second-order valence-corrected chi connectivity index (χ2v) is 10.7. The van der Waals surface area contributed by atoms with Gasteiger partial charge in [0.15, 0.2) is 34.4 Å². The zero-order valence-electron chi connectivity index (χ0n) is 24.3. The van der Waals surface area contributed by atoms with Crippen LogP contribution >= 0.6 is 27.3 Å². The Morgan fingerprint density at radius 1 is 1.00 bits per heavy atom. The third-order valence-electron chi connectivity index (χ3n) is 6.20. The van der Waals surface area contributed by atoms with Crippen LogP contribution in [0.15, 0.2) is 56.4 Å². The Labute approximate surface area is 260 Å². The zero-order valence-corrected chi connectivity index (χ0v) is 26.7. The summed E-state index contributed by atoms with van der Waals surface area (Å²) in [5, 5.41) is 0. The smallest absolute Gasteiger partial charge is 0.344 e. The molecule has 0 unspecified atom stereocenters. The highest BCUT2D eigenvalue weighted by Gasteiger charge is 2.31. The van der Waals surface area contributed by atoms with Crippen molar-refractivity contribution in [2.75, 3.05) is 40.6 Å². The first kappa shape index (κ1) is 31.8. The monoisotopic (exact) mass is 674 g/mol. The molecule has 43 heavy (non-hydrogen) atoms. The number of thiazole rings is 1. The van der Waals surface area contributed by atoms with Crippen molar-refractivity contribution in [1.29, 1.82) is 0 Å². The van der Waals surface area contributed by atoms with Gasteiger partial charge in [-0.2, -0.15) is 0 Å². The lowest BCUT2D eigenvalue weighted by molar-refractivity contribution is -0.145. The Bertz CT molecular complexity index is 1730. The molecular weight excluding hydrogens is 644 g/mol. The van der Waals surface area contributed by atoms with Crippen LogP contribution in [0.2, 0.25) is 0 Å². The first-order valence-corrected chi connectivity index (χ1v) is 15.0. The molecule has 11 nitrogen and oxygen atoms in total. The lowest BCUT2D eigenvalue weighted by atomic mass is 9.97. The molecule has 4 rings (SSSR count). The number of carbonyl (C=O) groups is 2. The molecule has 1 aliphatic rings. The number of hydrogen-bond acceptors (Lipinski definition) is 11. The molecule has 3 aromatic rings. The van der Waals surface area contributed by atoms with Crippen LogP contribution in [-0.4, -0.2) is 57.2 Å². The molecule has 0 spiro atoms. The molecule has 2 heterocycles. The largest absolute Gasteiger partial charge is 0.493 e. The third kappa shape index (κ3) is 6.94. The van der Waals surface area contributed by atoms with Gasteiger partial charge >= 0.3 is 11.9 Å². The van der Waals surface area contributed by atoms with E-state index < -0.39 is 18.0 Å². The molecule has 0 aliphatic carbocycles. The molecule has 13 heteroatoms. The number of nitrogens with zero attached hydrogens (tertiary/aromatic N) is 2. The van der Waals surface area contributed by atoms with Crippen molar-refractivity contribution in [2.45, 2.75) is 26.8 Å². The Kier molecular flexibility index (Phi) is 10.6. The van der Waals surface area contributed by atoms with Crippen molar-refractivity contribution in [3.63, 3.8) is 0 Å². The van der Waals surface area contributed by atoms with E-state index in [9.17, 15) is 14.4 Å². The number of benzene rings is 2. The molecule has 0 amide bonds. The topological polar surface area (TPSA) is 124 Å². The van der Waals surface area contributed by atoms with E-state index in [0.29, 0.717) is 61.1 Å². The number of hydrogen-bond donors (Lipinski definition) is 0. The van der Waals surface area contributed by atoms with Gasteiger partial charge in [0, 0.05) is 6.20 Å². The van der Waals surface area contributed by atoms with E-state index in [1.165, 1.54) is 36.3 Å². The fourth-order valence-corrected chi connectivity index (χ4v) is 5.98. The lowest BCUT2D eigenvalue weighted by Gasteiger charge is -2.23. The minimum Gasteiger partial charge on any atom is -0.493 e. The van der Waals surface area contributed by atoms with Crippen molar-refractivity contribution in [3.8, 4) is 23.0 Å². The maximum Gasteiger partial charge on any atom is 0.344 e. The van der Waals surface area contributed by atoms with E-state index in [4.69, 9.17) is 28.4 Å². The normalized spacial score (nSPS) is 14.2. The van der Waals surface area contributed by atoms with Crippen LogP contribution in [0.5, 0.6) is 23.0 Å². The van der Waals surface area contributed by atoms with Crippen LogP contribution in [0.25, 0.3) is 6.08 Å². The van der Waals surface area contributed by atoms with Crippen LogP contribution in [0.3, 0.4) is 0 Å². The molecule has 0 saturated carbocycles. The molecule has 0 fully saturated rings. The molecule has 0 radical (unpaired) electrons. The Balaban J connectivity index is 1.81. The second kappa shape index (κ2) is 14.4. The summed E-state index contributed by atoms with van der Waals surface area (Å²) in [6.45, 7) is 6.24. The number of methoxy groups -OCH3 is 2. The van der Waals surface area contributed by atoms with E-state index in [1.807, 2.05) is 13.8 Å². The van der Waals surface area contributed by atoms with Gasteiger partial charge in [-0.25, -0.2) is 14.6 Å². The summed E-state index contributed by atoms with van der Waals surface area (Å²) in [5.41, 5.74) is 1.09. The SMILES string of the molecule is CCOC(=O)COc1c(Br)cc(/C=c2\sc3n(c2=O)[C@H](c2ccc(OCC)c(OCC)c2)C(C(=O)OC)=CN=3)cc1OC. The van der Waals surface area contributed by atoms with Crippen LogP contribution in [-0.2, 0) is 19.1 Å². The molecule has 0 N–H and O–H groups in total. The summed E-state index contributed by atoms with van der Waals surface area (Å²) < 4.78 is 34.9. The summed E-state index contributed by atoms with van der Waals surface area (Å²) >= 11 is 4.64.